The van der Waals surface area contributed by atoms with Gasteiger partial charge in [0.15, 0.2) is 6.10 Å². The van der Waals surface area contributed by atoms with E-state index < -0.39 is 12.1 Å². The molecule has 0 aromatic heterocycles. The molecule has 0 unspecified atom stereocenters. The highest BCUT2D eigenvalue weighted by atomic mass is 16.5. The smallest absolute Gasteiger partial charge is 0.338 e. The highest BCUT2D eigenvalue weighted by molar-refractivity contribution is 5.92. The number of ether oxygens (including phenoxy) is 1. The third-order valence-corrected chi connectivity index (χ3v) is 4.17. The zero-order chi connectivity index (χ0) is 18.9. The van der Waals surface area contributed by atoms with Gasteiger partial charge in [-0.1, -0.05) is 43.3 Å². The Hall–Kier alpha value is -3.13. The summed E-state index contributed by atoms with van der Waals surface area (Å²) in [6.07, 6.45) is -0.0270. The molecule has 1 N–H and O–H groups in total. The largest absolute Gasteiger partial charge is 0.449 e. The van der Waals surface area contributed by atoms with Crippen LogP contribution in [0.3, 0.4) is 0 Å². The molecule has 5 nitrogen and oxygen atoms in total. The minimum atomic E-state index is -0.915. The molecular formula is C21H22N2O3. The highest BCUT2D eigenvalue weighted by Crippen LogP contribution is 2.18. The van der Waals surface area contributed by atoms with Gasteiger partial charge in [0, 0.05) is 12.5 Å². The van der Waals surface area contributed by atoms with Gasteiger partial charge in [0.2, 0.25) is 0 Å². The van der Waals surface area contributed by atoms with Gasteiger partial charge in [-0.25, -0.2) is 4.79 Å². The van der Waals surface area contributed by atoms with Gasteiger partial charge in [-0.3, -0.25) is 4.79 Å². The predicted molar refractivity (Wildman–Crippen MR) is 98.5 cm³/mol. The third kappa shape index (κ3) is 5.18. The molecule has 0 spiro atoms. The minimum absolute atomic E-state index is 0.204. The van der Waals surface area contributed by atoms with Crippen LogP contribution in [0.5, 0.6) is 0 Å². The predicted octanol–water partition coefficient (Wildman–Crippen LogP) is 3.41. The number of nitrogens with zero attached hydrogens (tertiary/aromatic N) is 1. The number of esters is 1. The Balaban J connectivity index is 1.90. The van der Waals surface area contributed by atoms with E-state index in [1.807, 2.05) is 36.4 Å². The van der Waals surface area contributed by atoms with E-state index in [2.05, 4.69) is 12.2 Å². The molecule has 2 atom stereocenters. The Morgan fingerprint density at radius 3 is 2.54 bits per heavy atom. The summed E-state index contributed by atoms with van der Waals surface area (Å²) in [5.41, 5.74) is 1.78. The quantitative estimate of drug-likeness (QED) is 0.776. The van der Waals surface area contributed by atoms with Crippen molar-refractivity contribution in [2.45, 2.75) is 32.3 Å². The first-order valence-electron chi connectivity index (χ1n) is 8.59. The number of benzene rings is 2. The summed E-state index contributed by atoms with van der Waals surface area (Å²) < 4.78 is 5.21. The van der Waals surface area contributed by atoms with Crippen molar-refractivity contribution in [1.82, 2.24) is 5.32 Å². The molecule has 0 saturated heterocycles. The second-order valence-corrected chi connectivity index (χ2v) is 6.00. The standard InChI is InChI=1S/C21H22N2O3/c1-3-17(18-9-5-4-6-10-18)14-23-20(24)15(2)26-21(25)19-11-7-8-16(12-19)13-22/h4-12,15,17H,3,14H2,1-2H3,(H,23,24)/t15-,17+/m1/s1. The Morgan fingerprint density at radius 1 is 1.15 bits per heavy atom. The molecule has 134 valence electrons. The van der Waals surface area contributed by atoms with Crippen molar-refractivity contribution in [2.24, 2.45) is 0 Å². The Morgan fingerprint density at radius 2 is 1.88 bits per heavy atom. The molecule has 0 saturated carbocycles. The van der Waals surface area contributed by atoms with Gasteiger partial charge in [0.1, 0.15) is 0 Å². The van der Waals surface area contributed by atoms with Gasteiger partial charge in [-0.05, 0) is 37.1 Å². The lowest BCUT2D eigenvalue weighted by Gasteiger charge is -2.18. The first kappa shape index (κ1) is 19.2. The van der Waals surface area contributed by atoms with E-state index in [0.717, 1.165) is 12.0 Å². The SMILES string of the molecule is CC[C@@H](CNC(=O)[C@@H](C)OC(=O)c1cccc(C#N)c1)c1ccccc1. The first-order chi connectivity index (χ1) is 12.5. The number of rotatable bonds is 7. The molecule has 0 radical (unpaired) electrons. The normalized spacial score (nSPS) is 12.5. The number of amides is 1. The van der Waals surface area contributed by atoms with Crippen molar-refractivity contribution in [3.63, 3.8) is 0 Å². The summed E-state index contributed by atoms with van der Waals surface area (Å²) in [5.74, 6) is -0.764. The van der Waals surface area contributed by atoms with Crippen LogP contribution in [-0.4, -0.2) is 24.5 Å². The van der Waals surface area contributed by atoms with Crippen LogP contribution in [0, 0.1) is 11.3 Å². The van der Waals surface area contributed by atoms with Crippen LogP contribution in [0.2, 0.25) is 0 Å². The second kappa shape index (κ2) is 9.38. The van der Waals surface area contributed by atoms with Crippen LogP contribution in [0.1, 0.15) is 47.7 Å². The number of carbonyl (C=O) groups excluding carboxylic acids is 2. The van der Waals surface area contributed by atoms with Crippen LogP contribution in [-0.2, 0) is 9.53 Å². The highest BCUT2D eigenvalue weighted by Gasteiger charge is 2.20. The number of nitriles is 1. The molecular weight excluding hydrogens is 328 g/mol. The van der Waals surface area contributed by atoms with Crippen molar-refractivity contribution in [1.29, 1.82) is 5.26 Å². The van der Waals surface area contributed by atoms with Crippen LogP contribution < -0.4 is 5.32 Å². The van der Waals surface area contributed by atoms with E-state index in [1.54, 1.807) is 18.2 Å². The first-order valence-corrected chi connectivity index (χ1v) is 8.59. The van der Waals surface area contributed by atoms with E-state index in [4.69, 9.17) is 10.00 Å². The summed E-state index contributed by atoms with van der Waals surface area (Å²) in [6, 6.07) is 18.1. The summed E-state index contributed by atoms with van der Waals surface area (Å²) in [7, 11) is 0. The molecule has 0 aliphatic carbocycles. The molecule has 2 aromatic rings. The van der Waals surface area contributed by atoms with Crippen LogP contribution in [0.25, 0.3) is 0 Å². The maximum Gasteiger partial charge on any atom is 0.338 e. The zero-order valence-electron chi connectivity index (χ0n) is 14.9. The van der Waals surface area contributed by atoms with Crippen LogP contribution in [0.4, 0.5) is 0 Å². The van der Waals surface area contributed by atoms with E-state index in [-0.39, 0.29) is 17.4 Å². The number of hydrogen-bond donors (Lipinski definition) is 1. The van der Waals surface area contributed by atoms with E-state index >= 15 is 0 Å². The van der Waals surface area contributed by atoms with E-state index in [9.17, 15) is 9.59 Å². The Kier molecular flexibility index (Phi) is 6.92. The zero-order valence-corrected chi connectivity index (χ0v) is 14.9. The van der Waals surface area contributed by atoms with Gasteiger partial charge in [-0.2, -0.15) is 5.26 Å². The molecule has 0 aliphatic heterocycles. The molecule has 5 heteroatoms. The van der Waals surface area contributed by atoms with Gasteiger partial charge >= 0.3 is 5.97 Å². The fraction of sp³-hybridized carbons (Fsp3) is 0.286. The van der Waals surface area contributed by atoms with Crippen molar-refractivity contribution in [3.8, 4) is 6.07 Å². The molecule has 2 rings (SSSR count). The molecule has 1 amide bonds. The average molecular weight is 350 g/mol. The lowest BCUT2D eigenvalue weighted by molar-refractivity contribution is -0.129. The van der Waals surface area contributed by atoms with Crippen molar-refractivity contribution < 1.29 is 14.3 Å². The molecule has 2 aromatic carbocycles. The summed E-state index contributed by atoms with van der Waals surface area (Å²) in [5, 5.41) is 11.7. The third-order valence-electron chi connectivity index (χ3n) is 4.17. The lowest BCUT2D eigenvalue weighted by Crippen LogP contribution is -2.38. The van der Waals surface area contributed by atoms with Gasteiger partial charge in [0.25, 0.3) is 5.91 Å². The Labute approximate surface area is 153 Å². The number of nitrogens with one attached hydrogen (secondary N) is 1. The van der Waals surface area contributed by atoms with Gasteiger partial charge in [-0.15, -0.1) is 0 Å². The van der Waals surface area contributed by atoms with Crippen molar-refractivity contribution in [2.75, 3.05) is 6.54 Å². The van der Waals surface area contributed by atoms with Crippen LogP contribution >= 0.6 is 0 Å². The number of hydrogen-bond acceptors (Lipinski definition) is 4. The summed E-state index contributed by atoms with van der Waals surface area (Å²) >= 11 is 0. The van der Waals surface area contributed by atoms with Crippen LogP contribution in [0.15, 0.2) is 54.6 Å². The minimum Gasteiger partial charge on any atom is -0.449 e. The van der Waals surface area contributed by atoms with Gasteiger partial charge < -0.3 is 10.1 Å². The summed E-state index contributed by atoms with van der Waals surface area (Å²) in [4.78, 5) is 24.4. The summed E-state index contributed by atoms with van der Waals surface area (Å²) in [6.45, 7) is 4.07. The van der Waals surface area contributed by atoms with E-state index in [0.29, 0.717) is 12.1 Å². The molecule has 0 bridgehead atoms. The van der Waals surface area contributed by atoms with Crippen molar-refractivity contribution in [3.05, 3.63) is 71.3 Å². The number of carbonyl (C=O) groups is 2. The Bertz CT molecular complexity index is 796. The van der Waals surface area contributed by atoms with Crippen molar-refractivity contribution >= 4 is 11.9 Å². The lowest BCUT2D eigenvalue weighted by atomic mass is 9.96. The fourth-order valence-corrected chi connectivity index (χ4v) is 2.59. The molecule has 26 heavy (non-hydrogen) atoms. The van der Waals surface area contributed by atoms with E-state index in [1.165, 1.54) is 13.0 Å². The average Bonchev–Trinajstić information content (AvgIpc) is 2.69. The molecule has 0 aliphatic rings. The fourth-order valence-electron chi connectivity index (χ4n) is 2.59. The maximum absolute atomic E-state index is 12.2. The molecule has 0 heterocycles. The maximum atomic E-state index is 12.2. The second-order valence-electron chi connectivity index (χ2n) is 6.00. The molecule has 0 fully saturated rings. The van der Waals surface area contributed by atoms with Gasteiger partial charge in [0.05, 0.1) is 17.2 Å². The monoisotopic (exact) mass is 350 g/mol. The topological polar surface area (TPSA) is 79.2 Å².